The Morgan fingerprint density at radius 2 is 1.80 bits per heavy atom. The molecule has 1 amide bonds. The molecule has 4 aliphatic rings. The molecule has 25 heavy (non-hydrogen) atoms. The maximum atomic E-state index is 12.0. The minimum Gasteiger partial charge on any atom is -0.349 e. The summed E-state index contributed by atoms with van der Waals surface area (Å²) in [6.45, 7) is 2.50. The number of likely N-dealkylation sites (tertiary alicyclic amines) is 1. The van der Waals surface area contributed by atoms with Crippen molar-refractivity contribution in [1.29, 1.82) is 0 Å². The van der Waals surface area contributed by atoms with E-state index in [1.807, 2.05) is 0 Å². The molecule has 1 saturated carbocycles. The van der Waals surface area contributed by atoms with Gasteiger partial charge in [0.25, 0.3) is 0 Å². The fraction of sp³-hybridized carbons (Fsp3) is 0.682. The number of rotatable bonds is 1. The lowest BCUT2D eigenvalue weighted by Crippen LogP contribution is -2.50. The predicted molar refractivity (Wildman–Crippen MR) is 99.4 cm³/mol. The van der Waals surface area contributed by atoms with Gasteiger partial charge in [-0.3, -0.25) is 4.79 Å². The summed E-state index contributed by atoms with van der Waals surface area (Å²) >= 11 is 0. The Labute approximate surface area is 151 Å². The van der Waals surface area contributed by atoms with Gasteiger partial charge in [-0.1, -0.05) is 43.5 Å². The van der Waals surface area contributed by atoms with Crippen LogP contribution in [0.1, 0.15) is 75.0 Å². The smallest absolute Gasteiger partial charge is 0.220 e. The van der Waals surface area contributed by atoms with Crippen molar-refractivity contribution < 1.29 is 4.79 Å². The van der Waals surface area contributed by atoms with E-state index in [9.17, 15) is 4.79 Å². The summed E-state index contributed by atoms with van der Waals surface area (Å²) in [6.07, 6.45) is 11.6. The van der Waals surface area contributed by atoms with Crippen LogP contribution >= 0.6 is 0 Å². The van der Waals surface area contributed by atoms with Crippen LogP contribution in [-0.4, -0.2) is 29.9 Å². The molecule has 0 bridgehead atoms. The second-order valence-electron chi connectivity index (χ2n) is 8.91. The summed E-state index contributed by atoms with van der Waals surface area (Å²) in [5, 5.41) is 3.25. The zero-order valence-corrected chi connectivity index (χ0v) is 15.2. The van der Waals surface area contributed by atoms with Gasteiger partial charge in [-0.15, -0.1) is 0 Å². The number of nitrogens with zero attached hydrogens (tertiary/aromatic N) is 1. The van der Waals surface area contributed by atoms with Crippen LogP contribution in [-0.2, 0) is 10.2 Å². The fourth-order valence-corrected chi connectivity index (χ4v) is 6.33. The molecular weight excluding hydrogens is 308 g/mol. The van der Waals surface area contributed by atoms with Gasteiger partial charge >= 0.3 is 0 Å². The molecule has 2 heterocycles. The van der Waals surface area contributed by atoms with Crippen molar-refractivity contribution in [2.45, 2.75) is 75.3 Å². The Kier molecular flexibility index (Phi) is 3.89. The molecule has 2 aliphatic carbocycles. The van der Waals surface area contributed by atoms with Gasteiger partial charge in [0.05, 0.1) is 6.04 Å². The van der Waals surface area contributed by atoms with Crippen molar-refractivity contribution in [3.05, 3.63) is 35.4 Å². The van der Waals surface area contributed by atoms with E-state index in [0.717, 1.165) is 12.5 Å². The van der Waals surface area contributed by atoms with Crippen molar-refractivity contribution in [2.24, 2.45) is 5.92 Å². The van der Waals surface area contributed by atoms with E-state index in [0.29, 0.717) is 11.3 Å². The molecule has 0 radical (unpaired) electrons. The third kappa shape index (κ3) is 2.63. The number of benzene rings is 1. The van der Waals surface area contributed by atoms with E-state index in [4.69, 9.17) is 0 Å². The summed E-state index contributed by atoms with van der Waals surface area (Å²) in [7, 11) is 0. The van der Waals surface area contributed by atoms with E-state index < -0.39 is 0 Å². The highest BCUT2D eigenvalue weighted by atomic mass is 16.2. The molecule has 3 nitrogen and oxygen atoms in total. The maximum absolute atomic E-state index is 12.0. The zero-order chi connectivity index (χ0) is 16.9. The highest BCUT2D eigenvalue weighted by Crippen LogP contribution is 2.53. The van der Waals surface area contributed by atoms with Gasteiger partial charge in [-0.25, -0.2) is 0 Å². The first-order chi connectivity index (χ1) is 12.3. The van der Waals surface area contributed by atoms with Crippen molar-refractivity contribution in [2.75, 3.05) is 13.1 Å². The summed E-state index contributed by atoms with van der Waals surface area (Å²) in [5.74, 6) is 0.755. The first-order valence-electron chi connectivity index (χ1n) is 10.4. The second kappa shape index (κ2) is 6.12. The van der Waals surface area contributed by atoms with Crippen LogP contribution in [0.15, 0.2) is 24.3 Å². The SMILES string of the molecule is O=C1C[C@H]2CC3(CCN(C4CCCCC4)CC3)c3ccccc3[C@H]2N1. The van der Waals surface area contributed by atoms with Gasteiger partial charge in [-0.05, 0) is 67.7 Å². The first kappa shape index (κ1) is 15.9. The number of hydrogen-bond acceptors (Lipinski definition) is 2. The number of nitrogens with one attached hydrogen (secondary N) is 1. The Morgan fingerprint density at radius 3 is 2.60 bits per heavy atom. The summed E-state index contributed by atoms with van der Waals surface area (Å²) in [5.41, 5.74) is 3.27. The molecule has 1 N–H and O–H groups in total. The van der Waals surface area contributed by atoms with Gasteiger partial charge < -0.3 is 10.2 Å². The molecule has 3 fully saturated rings. The monoisotopic (exact) mass is 338 g/mol. The highest BCUT2D eigenvalue weighted by molar-refractivity contribution is 5.80. The van der Waals surface area contributed by atoms with Crippen molar-refractivity contribution in [3.63, 3.8) is 0 Å². The summed E-state index contributed by atoms with van der Waals surface area (Å²) in [6, 6.07) is 10.1. The van der Waals surface area contributed by atoms with Crippen LogP contribution < -0.4 is 5.32 Å². The molecule has 2 saturated heterocycles. The lowest BCUT2D eigenvalue weighted by atomic mass is 9.60. The van der Waals surface area contributed by atoms with Crippen LogP contribution in [0.5, 0.6) is 0 Å². The number of carbonyl (C=O) groups is 1. The molecule has 3 heteroatoms. The fourth-order valence-electron chi connectivity index (χ4n) is 6.33. The van der Waals surface area contributed by atoms with E-state index >= 15 is 0 Å². The third-order valence-electron chi connectivity index (χ3n) is 7.60. The van der Waals surface area contributed by atoms with Crippen molar-refractivity contribution >= 4 is 5.91 Å². The maximum Gasteiger partial charge on any atom is 0.220 e. The van der Waals surface area contributed by atoms with Crippen LogP contribution in [0.4, 0.5) is 0 Å². The van der Waals surface area contributed by atoms with E-state index in [2.05, 4.69) is 34.5 Å². The lowest BCUT2D eigenvalue weighted by Gasteiger charge is -2.50. The third-order valence-corrected chi connectivity index (χ3v) is 7.60. The largest absolute Gasteiger partial charge is 0.349 e. The normalized spacial score (nSPS) is 32.2. The minimum atomic E-state index is 0.251. The van der Waals surface area contributed by atoms with Crippen molar-refractivity contribution in [3.8, 4) is 0 Å². The van der Waals surface area contributed by atoms with E-state index in [1.165, 1.54) is 70.0 Å². The highest BCUT2D eigenvalue weighted by Gasteiger charge is 2.49. The van der Waals surface area contributed by atoms with Crippen LogP contribution in [0.3, 0.4) is 0 Å². The number of piperidine rings is 1. The second-order valence-corrected chi connectivity index (χ2v) is 8.91. The quantitative estimate of drug-likeness (QED) is 0.841. The molecule has 1 spiro atoms. The summed E-state index contributed by atoms with van der Waals surface area (Å²) < 4.78 is 0. The molecule has 2 aliphatic heterocycles. The number of amides is 1. The van der Waals surface area contributed by atoms with Crippen molar-refractivity contribution in [1.82, 2.24) is 10.2 Å². The molecule has 0 aromatic heterocycles. The number of hydrogen-bond donors (Lipinski definition) is 1. The Hall–Kier alpha value is -1.35. The lowest BCUT2D eigenvalue weighted by molar-refractivity contribution is -0.119. The predicted octanol–water partition coefficient (Wildman–Crippen LogP) is 3.93. The Balaban J connectivity index is 1.40. The molecule has 0 unspecified atom stereocenters. The number of fused-ring (bicyclic) bond motifs is 4. The van der Waals surface area contributed by atoms with Gasteiger partial charge in [0.1, 0.15) is 0 Å². The van der Waals surface area contributed by atoms with E-state index in [-0.39, 0.29) is 11.9 Å². The molecule has 1 aromatic carbocycles. The van der Waals surface area contributed by atoms with Gasteiger partial charge in [0, 0.05) is 12.5 Å². The average Bonchev–Trinajstić information content (AvgIpc) is 3.03. The molecule has 1 aromatic rings. The molecule has 2 atom stereocenters. The van der Waals surface area contributed by atoms with Gasteiger partial charge in [-0.2, -0.15) is 0 Å². The van der Waals surface area contributed by atoms with Crippen LogP contribution in [0.2, 0.25) is 0 Å². The minimum absolute atomic E-state index is 0.251. The zero-order valence-electron chi connectivity index (χ0n) is 15.2. The first-order valence-corrected chi connectivity index (χ1v) is 10.4. The van der Waals surface area contributed by atoms with Gasteiger partial charge in [0.15, 0.2) is 0 Å². The molecule has 5 rings (SSSR count). The topological polar surface area (TPSA) is 32.3 Å². The standard InChI is InChI=1S/C22H30N2O/c25-20-14-16-15-22(19-9-5-4-8-18(19)21(16)23-20)10-12-24(13-11-22)17-6-2-1-3-7-17/h4-5,8-9,16-17,21H,1-3,6-7,10-15H2,(H,23,25)/t16-,21-/m0/s1. The Morgan fingerprint density at radius 1 is 1.04 bits per heavy atom. The number of carbonyl (C=O) groups excluding carboxylic acids is 1. The average molecular weight is 338 g/mol. The summed E-state index contributed by atoms with van der Waals surface area (Å²) in [4.78, 5) is 14.8. The molecule has 134 valence electrons. The van der Waals surface area contributed by atoms with Crippen LogP contribution in [0, 0.1) is 5.92 Å². The Bertz CT molecular complexity index is 656. The van der Waals surface area contributed by atoms with E-state index in [1.54, 1.807) is 5.56 Å². The van der Waals surface area contributed by atoms with Gasteiger partial charge in [0.2, 0.25) is 5.91 Å². The molecular formula is C22H30N2O. The van der Waals surface area contributed by atoms with Crippen LogP contribution in [0.25, 0.3) is 0 Å².